The van der Waals surface area contributed by atoms with E-state index in [2.05, 4.69) is 10.3 Å². The maximum atomic E-state index is 12.0. The van der Waals surface area contributed by atoms with Crippen LogP contribution in [0.5, 0.6) is 0 Å². The van der Waals surface area contributed by atoms with Gasteiger partial charge in [0.15, 0.2) is 11.9 Å². The van der Waals surface area contributed by atoms with Gasteiger partial charge in [-0.3, -0.25) is 9.59 Å². The van der Waals surface area contributed by atoms with Crippen LogP contribution in [0.2, 0.25) is 0 Å². The van der Waals surface area contributed by atoms with Gasteiger partial charge in [0.1, 0.15) is 11.0 Å². The van der Waals surface area contributed by atoms with Gasteiger partial charge in [-0.05, 0) is 20.3 Å². The number of ketones is 1. The normalized spacial score (nSPS) is 13.2. The number of esters is 1. The predicted octanol–water partition coefficient (Wildman–Crippen LogP) is 0.612. The Kier molecular flexibility index (Phi) is 7.49. The molecule has 0 aliphatic rings. The average Bonchev–Trinajstić information content (AvgIpc) is 3.03. The highest BCUT2D eigenvalue weighted by Gasteiger charge is 2.28. The van der Waals surface area contributed by atoms with E-state index in [-0.39, 0.29) is 24.0 Å². The molecule has 3 N–H and O–H groups in total. The summed E-state index contributed by atoms with van der Waals surface area (Å²) in [5.41, 5.74) is 0. The highest BCUT2D eigenvalue weighted by Crippen LogP contribution is 2.16. The zero-order valence-electron chi connectivity index (χ0n) is 12.8. The fourth-order valence-corrected chi connectivity index (χ4v) is 2.27. The second kappa shape index (κ2) is 9.11. The molecule has 2 atom stereocenters. The monoisotopic (exact) mass is 341 g/mol. The highest BCUT2D eigenvalue weighted by atomic mass is 32.1. The maximum absolute atomic E-state index is 12.0. The van der Waals surface area contributed by atoms with Crippen molar-refractivity contribution in [3.63, 3.8) is 0 Å². The predicted molar refractivity (Wildman–Crippen MR) is 83.3 cm³/mol. The first-order valence-corrected chi connectivity index (χ1v) is 7.84. The van der Waals surface area contributed by atoms with Crippen molar-refractivity contribution in [2.75, 3.05) is 0 Å². The van der Waals surface area contributed by atoms with E-state index < -0.39 is 29.8 Å². The van der Waals surface area contributed by atoms with Crippen LogP contribution >= 0.6 is 11.3 Å². The van der Waals surface area contributed by atoms with E-state index in [0.717, 1.165) is 11.3 Å². The third-order valence-electron chi connectivity index (χ3n) is 2.73. The van der Waals surface area contributed by atoms with Crippen molar-refractivity contribution >= 4 is 35.2 Å². The standard InChI is InChI=1S/C14H19N3O5S/c1-8(2)22-14(21)10(4-3-9(18)7-15)17-12(20)11(19)13-16-5-6-23-13/h5-8,10-11,15,19H,3-4H2,1-2H3,(H,17,20)/t10-,11+/m0/s1. The van der Waals surface area contributed by atoms with Crippen molar-refractivity contribution in [3.8, 4) is 0 Å². The average molecular weight is 341 g/mol. The number of nitrogens with one attached hydrogen (secondary N) is 2. The largest absolute Gasteiger partial charge is 0.461 e. The number of Topliss-reactive ketones (excluding diaryl/α,β-unsaturated/α-hetero) is 1. The van der Waals surface area contributed by atoms with Gasteiger partial charge in [0.2, 0.25) is 0 Å². The van der Waals surface area contributed by atoms with Crippen molar-refractivity contribution in [1.29, 1.82) is 5.41 Å². The van der Waals surface area contributed by atoms with Gasteiger partial charge in [0, 0.05) is 18.0 Å². The lowest BCUT2D eigenvalue weighted by Gasteiger charge is -2.19. The molecule has 0 aromatic carbocycles. The molecule has 8 nitrogen and oxygen atoms in total. The number of nitrogens with zero attached hydrogens (tertiary/aromatic N) is 1. The van der Waals surface area contributed by atoms with Crippen LogP contribution in [0.1, 0.15) is 37.8 Å². The molecule has 0 aliphatic carbocycles. The zero-order chi connectivity index (χ0) is 17.4. The molecule has 1 aromatic heterocycles. The van der Waals surface area contributed by atoms with Gasteiger partial charge in [-0.2, -0.15) is 0 Å². The van der Waals surface area contributed by atoms with E-state index in [0.29, 0.717) is 6.21 Å². The molecule has 1 heterocycles. The fraction of sp³-hybridized carbons (Fsp3) is 0.500. The summed E-state index contributed by atoms with van der Waals surface area (Å²) < 4.78 is 5.03. The Balaban J connectivity index is 2.74. The SMILES string of the molecule is CC(C)OC(=O)[C@H](CCC(=O)C=N)NC(=O)[C@@H](O)c1nccs1. The molecule has 0 fully saturated rings. The van der Waals surface area contributed by atoms with Gasteiger partial charge in [-0.15, -0.1) is 11.3 Å². The van der Waals surface area contributed by atoms with Crippen molar-refractivity contribution in [2.24, 2.45) is 0 Å². The van der Waals surface area contributed by atoms with E-state index in [1.54, 1.807) is 19.2 Å². The topological polar surface area (TPSA) is 129 Å². The summed E-state index contributed by atoms with van der Waals surface area (Å²) in [6.45, 7) is 3.31. The number of amides is 1. The van der Waals surface area contributed by atoms with Gasteiger partial charge in [0.25, 0.3) is 5.91 Å². The van der Waals surface area contributed by atoms with Crippen LogP contribution in [0.15, 0.2) is 11.6 Å². The molecule has 1 amide bonds. The van der Waals surface area contributed by atoms with Crippen LogP contribution < -0.4 is 5.32 Å². The van der Waals surface area contributed by atoms with E-state index in [4.69, 9.17) is 10.1 Å². The number of thiazole rings is 1. The van der Waals surface area contributed by atoms with Crippen LogP contribution in [0.25, 0.3) is 0 Å². The molecule has 0 saturated carbocycles. The third kappa shape index (κ3) is 6.25. The molecule has 9 heteroatoms. The minimum atomic E-state index is -1.50. The third-order valence-corrected chi connectivity index (χ3v) is 3.55. The van der Waals surface area contributed by atoms with Gasteiger partial charge in [-0.1, -0.05) is 0 Å². The van der Waals surface area contributed by atoms with Crippen LogP contribution in [-0.4, -0.2) is 46.1 Å². The number of aliphatic hydroxyl groups is 1. The van der Waals surface area contributed by atoms with Gasteiger partial charge >= 0.3 is 5.97 Å². The minimum absolute atomic E-state index is 0.0178. The Hall–Kier alpha value is -2.13. The summed E-state index contributed by atoms with van der Waals surface area (Å²) in [6, 6.07) is -1.08. The minimum Gasteiger partial charge on any atom is -0.461 e. The first-order valence-electron chi connectivity index (χ1n) is 6.96. The number of hydrogen-bond acceptors (Lipinski definition) is 8. The second-order valence-corrected chi connectivity index (χ2v) is 5.90. The lowest BCUT2D eigenvalue weighted by molar-refractivity contribution is -0.152. The van der Waals surface area contributed by atoms with Crippen molar-refractivity contribution in [3.05, 3.63) is 16.6 Å². The molecule has 0 bridgehead atoms. The molecule has 1 rings (SSSR count). The van der Waals surface area contributed by atoms with Crippen LogP contribution in [-0.2, 0) is 19.1 Å². The number of rotatable bonds is 9. The van der Waals surface area contributed by atoms with Gasteiger partial charge < -0.3 is 20.6 Å². The van der Waals surface area contributed by atoms with E-state index >= 15 is 0 Å². The number of aromatic nitrogens is 1. The smallest absolute Gasteiger partial charge is 0.328 e. The molecule has 0 spiro atoms. The van der Waals surface area contributed by atoms with E-state index in [9.17, 15) is 19.5 Å². The molecule has 126 valence electrons. The molecular formula is C14H19N3O5S. The summed E-state index contributed by atoms with van der Waals surface area (Å²) in [4.78, 5) is 39.1. The molecular weight excluding hydrogens is 322 g/mol. The van der Waals surface area contributed by atoms with Crippen molar-refractivity contribution in [1.82, 2.24) is 10.3 Å². The summed E-state index contributed by atoms with van der Waals surface area (Å²) in [7, 11) is 0. The fourth-order valence-electron chi connectivity index (χ4n) is 1.65. The molecule has 0 aliphatic heterocycles. The summed E-state index contributed by atoms with van der Waals surface area (Å²) in [5, 5.41) is 20.9. The Labute approximate surface area is 137 Å². The van der Waals surface area contributed by atoms with Crippen molar-refractivity contribution in [2.45, 2.75) is 44.9 Å². The van der Waals surface area contributed by atoms with Crippen LogP contribution in [0, 0.1) is 5.41 Å². The van der Waals surface area contributed by atoms with Crippen LogP contribution in [0.3, 0.4) is 0 Å². The summed E-state index contributed by atoms with van der Waals surface area (Å²) in [5.74, 6) is -1.97. The molecule has 23 heavy (non-hydrogen) atoms. The maximum Gasteiger partial charge on any atom is 0.328 e. The number of hydrogen-bond donors (Lipinski definition) is 3. The van der Waals surface area contributed by atoms with E-state index in [1.165, 1.54) is 6.20 Å². The molecule has 1 aromatic rings. The molecule has 0 radical (unpaired) electrons. The number of ether oxygens (including phenoxy) is 1. The number of aliphatic hydroxyl groups excluding tert-OH is 1. The van der Waals surface area contributed by atoms with Gasteiger partial charge in [0.05, 0.1) is 12.3 Å². The Morgan fingerprint density at radius 1 is 1.48 bits per heavy atom. The second-order valence-electron chi connectivity index (χ2n) is 4.97. The Morgan fingerprint density at radius 2 is 2.17 bits per heavy atom. The number of carbonyl (C=O) groups is 3. The lowest BCUT2D eigenvalue weighted by Crippen LogP contribution is -2.44. The Morgan fingerprint density at radius 3 is 2.70 bits per heavy atom. The number of carbonyl (C=O) groups excluding carboxylic acids is 3. The van der Waals surface area contributed by atoms with E-state index in [1.807, 2.05) is 0 Å². The Bertz CT molecular complexity index is 559. The summed E-state index contributed by atoms with van der Waals surface area (Å²) >= 11 is 1.11. The first kappa shape index (κ1) is 18.9. The van der Waals surface area contributed by atoms with Crippen molar-refractivity contribution < 1.29 is 24.2 Å². The molecule has 0 saturated heterocycles. The lowest BCUT2D eigenvalue weighted by atomic mass is 10.1. The van der Waals surface area contributed by atoms with Crippen LogP contribution in [0.4, 0.5) is 0 Å². The first-order chi connectivity index (χ1) is 10.8. The van der Waals surface area contributed by atoms with Gasteiger partial charge in [-0.25, -0.2) is 9.78 Å². The summed E-state index contributed by atoms with van der Waals surface area (Å²) in [6.07, 6.45) is 0.110. The zero-order valence-corrected chi connectivity index (χ0v) is 13.6. The molecule has 0 unspecified atom stereocenters. The highest BCUT2D eigenvalue weighted by molar-refractivity contribution is 7.09. The quantitative estimate of drug-likeness (QED) is 0.446.